The summed E-state index contributed by atoms with van der Waals surface area (Å²) in [5, 5.41) is 3.19. The standard InChI is InChI=1S/C14H19BrN2O2S/c1-8(2)6-12(14(18)19-3)17-11-5-4-9(13(16)20)7-10(11)15/h4-5,7-8,12,17H,6H2,1-3H3,(H2,16,20). The van der Waals surface area contributed by atoms with Crippen LogP contribution in [0, 0.1) is 5.92 Å². The number of methoxy groups -OCH3 is 1. The van der Waals surface area contributed by atoms with Crippen molar-refractivity contribution in [2.75, 3.05) is 12.4 Å². The van der Waals surface area contributed by atoms with Crippen molar-refractivity contribution in [1.29, 1.82) is 0 Å². The van der Waals surface area contributed by atoms with Gasteiger partial charge in [-0.15, -0.1) is 0 Å². The van der Waals surface area contributed by atoms with Crippen LogP contribution in [0.25, 0.3) is 0 Å². The molecule has 0 bridgehead atoms. The van der Waals surface area contributed by atoms with Crippen LogP contribution in [0.2, 0.25) is 0 Å². The van der Waals surface area contributed by atoms with Crippen molar-refractivity contribution in [3.05, 3.63) is 28.2 Å². The van der Waals surface area contributed by atoms with Crippen molar-refractivity contribution in [3.8, 4) is 0 Å². The van der Waals surface area contributed by atoms with E-state index in [1.54, 1.807) is 0 Å². The molecule has 3 N–H and O–H groups in total. The predicted octanol–water partition coefficient (Wildman–Crippen LogP) is 3.08. The minimum Gasteiger partial charge on any atom is -0.467 e. The molecule has 20 heavy (non-hydrogen) atoms. The maximum Gasteiger partial charge on any atom is 0.328 e. The number of hydrogen-bond donors (Lipinski definition) is 2. The monoisotopic (exact) mass is 358 g/mol. The minimum atomic E-state index is -0.382. The molecular weight excluding hydrogens is 340 g/mol. The topological polar surface area (TPSA) is 64.3 Å². The maximum atomic E-state index is 11.8. The molecule has 1 unspecified atom stereocenters. The van der Waals surface area contributed by atoms with E-state index >= 15 is 0 Å². The third kappa shape index (κ3) is 4.76. The molecule has 0 amide bonds. The first-order chi connectivity index (χ1) is 9.35. The fourth-order valence-electron chi connectivity index (χ4n) is 1.80. The molecular formula is C14H19BrN2O2S. The summed E-state index contributed by atoms with van der Waals surface area (Å²) in [6.07, 6.45) is 0.691. The first kappa shape index (κ1) is 16.9. The Morgan fingerprint density at radius 2 is 2.15 bits per heavy atom. The summed E-state index contributed by atoms with van der Waals surface area (Å²) in [6, 6.07) is 5.11. The fourth-order valence-corrected chi connectivity index (χ4v) is 2.42. The van der Waals surface area contributed by atoms with Gasteiger partial charge in [-0.2, -0.15) is 0 Å². The van der Waals surface area contributed by atoms with Crippen LogP contribution in [0.1, 0.15) is 25.8 Å². The molecule has 4 nitrogen and oxygen atoms in total. The molecule has 1 atom stereocenters. The van der Waals surface area contributed by atoms with Gasteiger partial charge in [0.05, 0.1) is 7.11 Å². The van der Waals surface area contributed by atoms with Crippen LogP contribution in [0.3, 0.4) is 0 Å². The molecule has 6 heteroatoms. The number of carbonyl (C=O) groups excluding carboxylic acids is 1. The molecule has 110 valence electrons. The molecule has 0 aliphatic rings. The highest BCUT2D eigenvalue weighted by Gasteiger charge is 2.21. The van der Waals surface area contributed by atoms with E-state index in [0.717, 1.165) is 15.7 Å². The summed E-state index contributed by atoms with van der Waals surface area (Å²) in [5.74, 6) is 0.102. The summed E-state index contributed by atoms with van der Waals surface area (Å²) in [4.78, 5) is 12.1. The van der Waals surface area contributed by atoms with E-state index in [1.165, 1.54) is 7.11 Å². The smallest absolute Gasteiger partial charge is 0.328 e. The normalized spacial score (nSPS) is 12.1. The van der Waals surface area contributed by atoms with Crippen LogP contribution in [0.5, 0.6) is 0 Å². The Morgan fingerprint density at radius 3 is 2.60 bits per heavy atom. The van der Waals surface area contributed by atoms with Crippen molar-refractivity contribution >= 4 is 44.8 Å². The van der Waals surface area contributed by atoms with E-state index in [1.807, 2.05) is 18.2 Å². The van der Waals surface area contributed by atoms with Gasteiger partial charge in [0.25, 0.3) is 0 Å². The van der Waals surface area contributed by atoms with Crippen LogP contribution >= 0.6 is 28.1 Å². The first-order valence-corrected chi connectivity index (χ1v) is 7.49. The molecule has 0 radical (unpaired) electrons. The largest absolute Gasteiger partial charge is 0.467 e. The zero-order valence-electron chi connectivity index (χ0n) is 11.8. The number of carbonyl (C=O) groups is 1. The third-order valence-electron chi connectivity index (χ3n) is 2.78. The number of rotatable bonds is 6. The number of anilines is 1. The number of ether oxygens (including phenoxy) is 1. The molecule has 0 fully saturated rings. The Bertz CT molecular complexity index is 506. The van der Waals surface area contributed by atoms with E-state index in [2.05, 4.69) is 35.1 Å². The molecule has 1 aromatic rings. The summed E-state index contributed by atoms with van der Waals surface area (Å²) in [7, 11) is 1.39. The quantitative estimate of drug-likeness (QED) is 0.604. The number of halogens is 1. The summed E-state index contributed by atoms with van der Waals surface area (Å²) < 4.78 is 5.64. The Morgan fingerprint density at radius 1 is 1.50 bits per heavy atom. The molecule has 1 aromatic carbocycles. The van der Waals surface area contributed by atoms with Gasteiger partial charge in [-0.05, 0) is 46.5 Å². The van der Waals surface area contributed by atoms with Gasteiger partial charge >= 0.3 is 5.97 Å². The average Bonchev–Trinajstić information content (AvgIpc) is 2.38. The van der Waals surface area contributed by atoms with Crippen LogP contribution in [0.4, 0.5) is 5.69 Å². The SMILES string of the molecule is COC(=O)C(CC(C)C)Nc1ccc(C(N)=S)cc1Br. The lowest BCUT2D eigenvalue weighted by molar-refractivity contribution is -0.141. The predicted molar refractivity (Wildman–Crippen MR) is 88.9 cm³/mol. The summed E-state index contributed by atoms with van der Waals surface area (Å²) >= 11 is 8.38. The number of thiocarbonyl (C=S) groups is 1. The highest BCUT2D eigenvalue weighted by molar-refractivity contribution is 9.10. The summed E-state index contributed by atoms with van der Waals surface area (Å²) in [6.45, 7) is 4.12. The second-order valence-corrected chi connectivity index (χ2v) is 6.20. The van der Waals surface area contributed by atoms with Gasteiger partial charge in [-0.1, -0.05) is 26.1 Å². The summed E-state index contributed by atoms with van der Waals surface area (Å²) in [5.41, 5.74) is 7.17. The Hall–Kier alpha value is -1.14. The Balaban J connectivity index is 2.93. The van der Waals surface area contributed by atoms with Crippen LogP contribution in [-0.4, -0.2) is 24.1 Å². The average molecular weight is 359 g/mol. The lowest BCUT2D eigenvalue weighted by Crippen LogP contribution is -2.32. The van der Waals surface area contributed by atoms with Crippen molar-refractivity contribution in [1.82, 2.24) is 0 Å². The molecule has 0 aliphatic carbocycles. The molecule has 0 aliphatic heterocycles. The van der Waals surface area contributed by atoms with Crippen molar-refractivity contribution in [3.63, 3.8) is 0 Å². The van der Waals surface area contributed by atoms with Gasteiger partial charge in [0.2, 0.25) is 0 Å². The van der Waals surface area contributed by atoms with Crippen LogP contribution in [0.15, 0.2) is 22.7 Å². The lowest BCUT2D eigenvalue weighted by Gasteiger charge is -2.20. The molecule has 0 spiro atoms. The van der Waals surface area contributed by atoms with Gasteiger partial charge < -0.3 is 15.8 Å². The van der Waals surface area contributed by atoms with Gasteiger partial charge in [0.1, 0.15) is 11.0 Å². The van der Waals surface area contributed by atoms with E-state index in [9.17, 15) is 4.79 Å². The van der Waals surface area contributed by atoms with E-state index in [0.29, 0.717) is 17.3 Å². The minimum absolute atomic E-state index is 0.274. The van der Waals surface area contributed by atoms with Gasteiger partial charge in [0.15, 0.2) is 0 Å². The number of esters is 1. The Kier molecular flexibility index (Phi) is 6.42. The molecule has 1 rings (SSSR count). The molecule has 0 aromatic heterocycles. The highest BCUT2D eigenvalue weighted by Crippen LogP contribution is 2.25. The zero-order valence-corrected chi connectivity index (χ0v) is 14.2. The van der Waals surface area contributed by atoms with E-state index in [4.69, 9.17) is 22.7 Å². The van der Waals surface area contributed by atoms with Crippen molar-refractivity contribution in [2.45, 2.75) is 26.3 Å². The lowest BCUT2D eigenvalue weighted by atomic mass is 10.0. The number of nitrogens with two attached hydrogens (primary N) is 1. The van der Waals surface area contributed by atoms with Gasteiger partial charge in [0, 0.05) is 15.7 Å². The molecule has 0 saturated carbocycles. The number of hydrogen-bond acceptors (Lipinski definition) is 4. The highest BCUT2D eigenvalue weighted by atomic mass is 79.9. The molecule has 0 saturated heterocycles. The van der Waals surface area contributed by atoms with E-state index < -0.39 is 0 Å². The van der Waals surface area contributed by atoms with E-state index in [-0.39, 0.29) is 12.0 Å². The number of benzene rings is 1. The van der Waals surface area contributed by atoms with Gasteiger partial charge in [-0.25, -0.2) is 4.79 Å². The Labute approximate surface area is 133 Å². The zero-order chi connectivity index (χ0) is 15.3. The third-order valence-corrected chi connectivity index (χ3v) is 3.67. The maximum absolute atomic E-state index is 11.8. The van der Waals surface area contributed by atoms with Crippen molar-refractivity contribution in [2.24, 2.45) is 11.7 Å². The van der Waals surface area contributed by atoms with Crippen LogP contribution in [-0.2, 0) is 9.53 Å². The second kappa shape index (κ2) is 7.59. The first-order valence-electron chi connectivity index (χ1n) is 6.28. The van der Waals surface area contributed by atoms with Crippen molar-refractivity contribution < 1.29 is 9.53 Å². The van der Waals surface area contributed by atoms with Gasteiger partial charge in [-0.3, -0.25) is 0 Å². The molecule has 0 heterocycles. The second-order valence-electron chi connectivity index (χ2n) is 4.91. The van der Waals surface area contributed by atoms with Crippen LogP contribution < -0.4 is 11.1 Å². The fraction of sp³-hybridized carbons (Fsp3) is 0.429. The number of nitrogens with one attached hydrogen (secondary N) is 1.